The highest BCUT2D eigenvalue weighted by Gasteiger charge is 2.23. The van der Waals surface area contributed by atoms with Gasteiger partial charge in [0.2, 0.25) is 0 Å². The molecule has 0 heterocycles. The maximum Gasteiger partial charge on any atom is 0.268 e. The average Bonchev–Trinajstić information content (AvgIpc) is 2.46. The topological polar surface area (TPSA) is 81.7 Å². The molecule has 0 aromatic heterocycles. The molecule has 116 valence electrons. The zero-order valence-electron chi connectivity index (χ0n) is 12.5. The number of hydrogen-bond acceptors (Lipinski definition) is 5. The molecule has 0 aliphatic rings. The van der Waals surface area contributed by atoms with Crippen molar-refractivity contribution in [3.63, 3.8) is 0 Å². The normalized spacial score (nSPS) is 11.9. The molecule has 1 N–H and O–H groups in total. The fourth-order valence-corrected chi connectivity index (χ4v) is 2.85. The van der Waals surface area contributed by atoms with Gasteiger partial charge < -0.3 is 9.47 Å². The second-order valence-corrected chi connectivity index (χ2v) is 5.90. The third-order valence-corrected chi connectivity index (χ3v) is 4.11. The summed E-state index contributed by atoms with van der Waals surface area (Å²) in [5.41, 5.74) is 0.336. The Morgan fingerprint density at radius 1 is 1.29 bits per heavy atom. The van der Waals surface area contributed by atoms with Crippen LogP contribution in [0.3, 0.4) is 0 Å². The number of ether oxygens (including phenoxy) is 2. The first-order valence-corrected chi connectivity index (χ1v) is 7.80. The van der Waals surface area contributed by atoms with Gasteiger partial charge in [-0.3, -0.25) is 4.79 Å². The average molecular weight is 313 g/mol. The molecule has 6 nitrogen and oxygen atoms in total. The van der Waals surface area contributed by atoms with Crippen molar-refractivity contribution in [2.45, 2.75) is 25.2 Å². The standard InChI is InChI=1S/C14H19NO5S/c1-5-6-10(2)14(16)15-21(17,18)13-9-11(19-3)7-8-12(13)20-4/h6-9H,5H2,1-4H3,(H,15,16)/b10-6-. The van der Waals surface area contributed by atoms with Gasteiger partial charge in [0.05, 0.1) is 14.2 Å². The van der Waals surface area contributed by atoms with Crippen molar-refractivity contribution in [1.82, 2.24) is 4.72 Å². The first-order chi connectivity index (χ1) is 9.85. The van der Waals surface area contributed by atoms with Gasteiger partial charge in [-0.05, 0) is 25.5 Å². The predicted octanol–water partition coefficient (Wildman–Crippen LogP) is 1.86. The Morgan fingerprint density at radius 2 is 1.95 bits per heavy atom. The molecule has 0 aliphatic heterocycles. The van der Waals surface area contributed by atoms with Gasteiger partial charge in [0.15, 0.2) is 0 Å². The van der Waals surface area contributed by atoms with E-state index in [1.807, 2.05) is 11.6 Å². The molecule has 0 bridgehead atoms. The minimum Gasteiger partial charge on any atom is -0.497 e. The molecule has 0 saturated carbocycles. The SMILES string of the molecule is CC/C=C(/C)C(=O)NS(=O)(=O)c1cc(OC)ccc1OC. The monoisotopic (exact) mass is 313 g/mol. The first-order valence-electron chi connectivity index (χ1n) is 6.31. The van der Waals surface area contributed by atoms with Crippen LogP contribution < -0.4 is 14.2 Å². The lowest BCUT2D eigenvalue weighted by Gasteiger charge is -2.12. The summed E-state index contributed by atoms with van der Waals surface area (Å²) in [6.07, 6.45) is 2.29. The summed E-state index contributed by atoms with van der Waals surface area (Å²) < 4.78 is 36.6. The molecule has 1 aromatic rings. The highest BCUT2D eigenvalue weighted by Crippen LogP contribution is 2.28. The van der Waals surface area contributed by atoms with Gasteiger partial charge in [0.1, 0.15) is 16.4 Å². The van der Waals surface area contributed by atoms with Gasteiger partial charge in [-0.1, -0.05) is 13.0 Å². The zero-order chi connectivity index (χ0) is 16.0. The fraction of sp³-hybridized carbons (Fsp3) is 0.357. The predicted molar refractivity (Wildman–Crippen MR) is 78.9 cm³/mol. The molecule has 1 aromatic carbocycles. The van der Waals surface area contributed by atoms with E-state index in [1.165, 1.54) is 26.4 Å². The number of nitrogens with one attached hydrogen (secondary N) is 1. The molecule has 7 heteroatoms. The Kier molecular flexibility index (Phi) is 5.78. The zero-order valence-corrected chi connectivity index (χ0v) is 13.3. The Bertz CT molecular complexity index is 649. The molecule has 0 atom stereocenters. The molecule has 0 unspecified atom stereocenters. The van der Waals surface area contributed by atoms with Crippen molar-refractivity contribution in [2.75, 3.05) is 14.2 Å². The van der Waals surface area contributed by atoms with Crippen LogP contribution in [0.5, 0.6) is 11.5 Å². The van der Waals surface area contributed by atoms with Gasteiger partial charge in [-0.25, -0.2) is 13.1 Å². The van der Waals surface area contributed by atoms with E-state index in [2.05, 4.69) is 0 Å². The van der Waals surface area contributed by atoms with Crippen LogP contribution in [0.1, 0.15) is 20.3 Å². The minimum atomic E-state index is -4.04. The quantitative estimate of drug-likeness (QED) is 0.811. The highest BCUT2D eigenvalue weighted by molar-refractivity contribution is 7.90. The van der Waals surface area contributed by atoms with Crippen LogP contribution in [-0.4, -0.2) is 28.5 Å². The highest BCUT2D eigenvalue weighted by atomic mass is 32.2. The van der Waals surface area contributed by atoms with Crippen LogP contribution in [0.15, 0.2) is 34.7 Å². The Morgan fingerprint density at radius 3 is 2.48 bits per heavy atom. The lowest BCUT2D eigenvalue weighted by atomic mass is 10.2. The molecular weight excluding hydrogens is 294 g/mol. The van der Waals surface area contributed by atoms with Crippen molar-refractivity contribution in [2.24, 2.45) is 0 Å². The number of methoxy groups -OCH3 is 2. The van der Waals surface area contributed by atoms with Gasteiger partial charge in [0, 0.05) is 11.6 Å². The number of carbonyl (C=O) groups excluding carboxylic acids is 1. The molecule has 1 amide bonds. The van der Waals surface area contributed by atoms with Crippen molar-refractivity contribution in [1.29, 1.82) is 0 Å². The number of carbonyl (C=O) groups is 1. The molecule has 0 saturated heterocycles. The summed E-state index contributed by atoms with van der Waals surface area (Å²) in [6, 6.07) is 4.34. The second kappa shape index (κ2) is 7.12. The second-order valence-electron chi connectivity index (χ2n) is 4.25. The number of allylic oxidation sites excluding steroid dienone is 1. The van der Waals surface area contributed by atoms with E-state index >= 15 is 0 Å². The van der Waals surface area contributed by atoms with E-state index in [0.717, 1.165) is 0 Å². The summed E-state index contributed by atoms with van der Waals surface area (Å²) in [5.74, 6) is -0.181. The van der Waals surface area contributed by atoms with E-state index < -0.39 is 15.9 Å². The molecular formula is C14H19NO5S. The van der Waals surface area contributed by atoms with Crippen molar-refractivity contribution >= 4 is 15.9 Å². The molecule has 0 radical (unpaired) electrons. The van der Waals surface area contributed by atoms with E-state index in [0.29, 0.717) is 17.7 Å². The third-order valence-electron chi connectivity index (χ3n) is 2.76. The summed E-state index contributed by atoms with van der Waals surface area (Å²) in [5, 5.41) is 0. The maximum atomic E-state index is 12.3. The number of sulfonamides is 1. The number of amides is 1. The minimum absolute atomic E-state index is 0.133. The van der Waals surface area contributed by atoms with Gasteiger partial charge in [-0.15, -0.1) is 0 Å². The fourth-order valence-electron chi connectivity index (χ4n) is 1.65. The first kappa shape index (κ1) is 17.0. The largest absolute Gasteiger partial charge is 0.497 e. The van der Waals surface area contributed by atoms with Crippen molar-refractivity contribution in [3.05, 3.63) is 29.8 Å². The summed E-state index contributed by atoms with van der Waals surface area (Å²) in [4.78, 5) is 11.7. The van der Waals surface area contributed by atoms with Gasteiger partial charge in [-0.2, -0.15) is 0 Å². The van der Waals surface area contributed by atoms with Crippen LogP contribution in [0.25, 0.3) is 0 Å². The molecule has 0 aliphatic carbocycles. The summed E-state index contributed by atoms with van der Waals surface area (Å²) in [6.45, 7) is 3.41. The Labute approximate surface area is 124 Å². The van der Waals surface area contributed by atoms with Crippen molar-refractivity contribution in [3.8, 4) is 11.5 Å². The molecule has 1 rings (SSSR count). The lowest BCUT2D eigenvalue weighted by molar-refractivity contribution is -0.115. The van der Waals surface area contributed by atoms with Crippen LogP contribution in [0.2, 0.25) is 0 Å². The van der Waals surface area contributed by atoms with Gasteiger partial charge >= 0.3 is 0 Å². The lowest BCUT2D eigenvalue weighted by Crippen LogP contribution is -2.31. The number of benzene rings is 1. The summed E-state index contributed by atoms with van der Waals surface area (Å²) >= 11 is 0. The molecule has 21 heavy (non-hydrogen) atoms. The number of rotatable bonds is 6. The van der Waals surface area contributed by atoms with Crippen molar-refractivity contribution < 1.29 is 22.7 Å². The Hall–Kier alpha value is -2.02. The van der Waals surface area contributed by atoms with E-state index in [4.69, 9.17) is 9.47 Å². The van der Waals surface area contributed by atoms with E-state index in [-0.39, 0.29) is 10.6 Å². The Balaban J connectivity index is 3.19. The van der Waals surface area contributed by atoms with Crippen LogP contribution in [0, 0.1) is 0 Å². The molecule has 0 spiro atoms. The third kappa shape index (κ3) is 4.22. The number of hydrogen-bond donors (Lipinski definition) is 1. The van der Waals surface area contributed by atoms with E-state index in [9.17, 15) is 13.2 Å². The van der Waals surface area contributed by atoms with E-state index in [1.54, 1.807) is 19.1 Å². The van der Waals surface area contributed by atoms with Crippen LogP contribution in [0.4, 0.5) is 0 Å². The molecule has 0 fully saturated rings. The van der Waals surface area contributed by atoms with Gasteiger partial charge in [0.25, 0.3) is 15.9 Å². The summed E-state index contributed by atoms with van der Waals surface area (Å²) in [7, 11) is -1.27. The smallest absolute Gasteiger partial charge is 0.268 e. The maximum absolute atomic E-state index is 12.3. The van der Waals surface area contributed by atoms with Crippen LogP contribution >= 0.6 is 0 Å². The van der Waals surface area contributed by atoms with Crippen LogP contribution in [-0.2, 0) is 14.8 Å².